The Morgan fingerprint density at radius 3 is 2.42 bits per heavy atom. The van der Waals surface area contributed by atoms with Crippen molar-refractivity contribution in [2.75, 3.05) is 20.8 Å². The van der Waals surface area contributed by atoms with Crippen LogP contribution in [0.15, 0.2) is 47.4 Å². The highest BCUT2D eigenvalue weighted by Gasteiger charge is 2.37. The van der Waals surface area contributed by atoms with Crippen molar-refractivity contribution in [1.29, 1.82) is 0 Å². The van der Waals surface area contributed by atoms with Crippen LogP contribution in [0, 0.1) is 0 Å². The Morgan fingerprint density at radius 1 is 1.08 bits per heavy atom. The maximum Gasteiger partial charge on any atom is 0.243 e. The SMILES string of the molecule is CCc1ccc(S(=O)(=O)N2CCC[C@@H]2c2cc(OC)ccc2OC)cc1. The van der Waals surface area contributed by atoms with Gasteiger partial charge in [-0.25, -0.2) is 8.42 Å². The van der Waals surface area contributed by atoms with Crippen LogP contribution in [-0.2, 0) is 16.4 Å². The van der Waals surface area contributed by atoms with E-state index in [0.717, 1.165) is 30.4 Å². The third kappa shape index (κ3) is 3.44. The second kappa shape index (κ2) is 7.68. The first-order valence-electron chi connectivity index (χ1n) is 8.84. The molecule has 5 nitrogen and oxygen atoms in total. The lowest BCUT2D eigenvalue weighted by atomic mass is 10.0. The summed E-state index contributed by atoms with van der Waals surface area (Å²) in [5.74, 6) is 1.37. The molecule has 1 fully saturated rings. The van der Waals surface area contributed by atoms with Gasteiger partial charge in [0, 0.05) is 12.1 Å². The third-order valence-electron chi connectivity index (χ3n) is 4.94. The van der Waals surface area contributed by atoms with Crippen LogP contribution in [0.25, 0.3) is 0 Å². The predicted molar refractivity (Wildman–Crippen MR) is 101 cm³/mol. The van der Waals surface area contributed by atoms with Gasteiger partial charge < -0.3 is 9.47 Å². The Balaban J connectivity index is 1.99. The van der Waals surface area contributed by atoms with Gasteiger partial charge >= 0.3 is 0 Å². The van der Waals surface area contributed by atoms with Crippen LogP contribution in [0.5, 0.6) is 11.5 Å². The number of ether oxygens (including phenoxy) is 2. The highest BCUT2D eigenvalue weighted by atomic mass is 32.2. The molecule has 0 spiro atoms. The van der Waals surface area contributed by atoms with E-state index in [0.29, 0.717) is 22.9 Å². The molecule has 2 aromatic rings. The number of rotatable bonds is 6. The van der Waals surface area contributed by atoms with E-state index < -0.39 is 10.0 Å². The summed E-state index contributed by atoms with van der Waals surface area (Å²) in [5, 5.41) is 0. The molecule has 2 aromatic carbocycles. The van der Waals surface area contributed by atoms with E-state index in [-0.39, 0.29) is 6.04 Å². The van der Waals surface area contributed by atoms with Crippen LogP contribution in [0.3, 0.4) is 0 Å². The van der Waals surface area contributed by atoms with Crippen molar-refractivity contribution in [2.45, 2.75) is 37.1 Å². The highest BCUT2D eigenvalue weighted by molar-refractivity contribution is 7.89. The van der Waals surface area contributed by atoms with Gasteiger partial charge in [-0.15, -0.1) is 0 Å². The number of aryl methyl sites for hydroxylation is 1. The minimum absolute atomic E-state index is 0.254. The molecule has 1 heterocycles. The molecule has 0 aromatic heterocycles. The Kier molecular flexibility index (Phi) is 5.53. The van der Waals surface area contributed by atoms with Crippen LogP contribution in [0.1, 0.15) is 36.9 Å². The summed E-state index contributed by atoms with van der Waals surface area (Å²) in [7, 11) is -0.368. The third-order valence-corrected chi connectivity index (χ3v) is 6.86. The number of hydrogen-bond acceptors (Lipinski definition) is 4. The fraction of sp³-hybridized carbons (Fsp3) is 0.400. The van der Waals surface area contributed by atoms with E-state index in [1.165, 1.54) is 0 Å². The van der Waals surface area contributed by atoms with Crippen molar-refractivity contribution >= 4 is 10.0 Å². The molecule has 1 aliphatic rings. The van der Waals surface area contributed by atoms with Crippen LogP contribution in [0.2, 0.25) is 0 Å². The average molecular weight is 375 g/mol. The lowest BCUT2D eigenvalue weighted by Crippen LogP contribution is -2.31. The van der Waals surface area contributed by atoms with Crippen LogP contribution in [-0.4, -0.2) is 33.5 Å². The summed E-state index contributed by atoms with van der Waals surface area (Å²) in [6, 6.07) is 12.4. The molecular formula is C20H25NO4S. The Hall–Kier alpha value is -2.05. The molecule has 0 radical (unpaired) electrons. The zero-order chi connectivity index (χ0) is 18.7. The van der Waals surface area contributed by atoms with E-state index in [1.807, 2.05) is 30.3 Å². The van der Waals surface area contributed by atoms with E-state index >= 15 is 0 Å². The fourth-order valence-corrected chi connectivity index (χ4v) is 5.15. The molecule has 0 saturated carbocycles. The van der Waals surface area contributed by atoms with E-state index in [4.69, 9.17) is 9.47 Å². The number of nitrogens with zero attached hydrogens (tertiary/aromatic N) is 1. The average Bonchev–Trinajstić information content (AvgIpc) is 3.18. The molecule has 0 amide bonds. The quantitative estimate of drug-likeness (QED) is 0.771. The van der Waals surface area contributed by atoms with Gasteiger partial charge in [0.15, 0.2) is 0 Å². The van der Waals surface area contributed by atoms with E-state index in [2.05, 4.69) is 6.92 Å². The monoisotopic (exact) mass is 375 g/mol. The van der Waals surface area contributed by atoms with Crippen molar-refractivity contribution < 1.29 is 17.9 Å². The van der Waals surface area contributed by atoms with Gasteiger partial charge in [-0.3, -0.25) is 0 Å². The Labute approximate surface area is 155 Å². The molecule has 1 saturated heterocycles. The normalized spacial score (nSPS) is 18.0. The van der Waals surface area contributed by atoms with Crippen molar-refractivity contribution in [3.8, 4) is 11.5 Å². The lowest BCUT2D eigenvalue weighted by Gasteiger charge is -2.26. The smallest absolute Gasteiger partial charge is 0.243 e. The fourth-order valence-electron chi connectivity index (χ4n) is 3.47. The first-order valence-corrected chi connectivity index (χ1v) is 10.3. The van der Waals surface area contributed by atoms with Crippen LogP contribution >= 0.6 is 0 Å². The van der Waals surface area contributed by atoms with Gasteiger partial charge in [-0.05, 0) is 55.2 Å². The summed E-state index contributed by atoms with van der Waals surface area (Å²) in [6.45, 7) is 2.55. The molecule has 26 heavy (non-hydrogen) atoms. The zero-order valence-corrected chi connectivity index (χ0v) is 16.3. The molecular weight excluding hydrogens is 350 g/mol. The summed E-state index contributed by atoms with van der Waals surface area (Å²) < 4.78 is 38.8. The van der Waals surface area contributed by atoms with Gasteiger partial charge in [0.2, 0.25) is 10.0 Å². The second-order valence-corrected chi connectivity index (χ2v) is 8.27. The van der Waals surface area contributed by atoms with Gasteiger partial charge in [0.05, 0.1) is 25.2 Å². The van der Waals surface area contributed by atoms with Gasteiger partial charge in [0.25, 0.3) is 0 Å². The lowest BCUT2D eigenvalue weighted by molar-refractivity contribution is 0.361. The molecule has 0 aliphatic carbocycles. The van der Waals surface area contributed by atoms with Gasteiger partial charge in [-0.2, -0.15) is 4.31 Å². The molecule has 1 atom stereocenters. The summed E-state index contributed by atoms with van der Waals surface area (Å²) in [4.78, 5) is 0.337. The number of sulfonamides is 1. The summed E-state index contributed by atoms with van der Waals surface area (Å²) in [6.07, 6.45) is 2.46. The van der Waals surface area contributed by atoms with Crippen molar-refractivity contribution in [3.63, 3.8) is 0 Å². The first kappa shape index (κ1) is 18.7. The predicted octanol–water partition coefficient (Wildman–Crippen LogP) is 3.79. The van der Waals surface area contributed by atoms with Crippen molar-refractivity contribution in [1.82, 2.24) is 4.31 Å². The Bertz CT molecular complexity index is 862. The maximum atomic E-state index is 13.2. The van der Waals surface area contributed by atoms with Gasteiger partial charge in [0.1, 0.15) is 11.5 Å². The topological polar surface area (TPSA) is 55.8 Å². The molecule has 3 rings (SSSR count). The molecule has 0 bridgehead atoms. The molecule has 140 valence electrons. The standard InChI is InChI=1S/C20H25NO4S/c1-4-15-7-10-17(11-8-15)26(22,23)21-13-5-6-19(21)18-14-16(24-2)9-12-20(18)25-3/h7-12,14,19H,4-6,13H2,1-3H3/t19-/m1/s1. The molecule has 1 aliphatic heterocycles. The molecule has 0 unspecified atom stereocenters. The summed E-state index contributed by atoms with van der Waals surface area (Å²) >= 11 is 0. The maximum absolute atomic E-state index is 13.2. The number of benzene rings is 2. The second-order valence-electron chi connectivity index (χ2n) is 6.38. The highest BCUT2D eigenvalue weighted by Crippen LogP contribution is 2.41. The number of hydrogen-bond donors (Lipinski definition) is 0. The zero-order valence-electron chi connectivity index (χ0n) is 15.4. The largest absolute Gasteiger partial charge is 0.497 e. The van der Waals surface area contributed by atoms with Crippen LogP contribution in [0.4, 0.5) is 0 Å². The number of methoxy groups -OCH3 is 2. The minimum Gasteiger partial charge on any atom is -0.497 e. The molecule has 0 N–H and O–H groups in total. The molecule has 6 heteroatoms. The first-order chi connectivity index (χ1) is 12.5. The minimum atomic E-state index is -3.57. The van der Waals surface area contributed by atoms with Crippen molar-refractivity contribution in [2.24, 2.45) is 0 Å². The van der Waals surface area contributed by atoms with Crippen molar-refractivity contribution in [3.05, 3.63) is 53.6 Å². The van der Waals surface area contributed by atoms with E-state index in [9.17, 15) is 8.42 Å². The van der Waals surface area contributed by atoms with Crippen LogP contribution < -0.4 is 9.47 Å². The van der Waals surface area contributed by atoms with E-state index in [1.54, 1.807) is 30.7 Å². The Morgan fingerprint density at radius 2 is 1.81 bits per heavy atom. The summed E-state index contributed by atoms with van der Waals surface area (Å²) in [5.41, 5.74) is 1.97. The van der Waals surface area contributed by atoms with Gasteiger partial charge in [-0.1, -0.05) is 19.1 Å².